The maximum Gasteiger partial charge on any atom is 0.180 e. The lowest BCUT2D eigenvalue weighted by Crippen LogP contribution is -2.13. The molecule has 0 saturated heterocycles. The van der Waals surface area contributed by atoms with Gasteiger partial charge in [-0.25, -0.2) is 19.3 Å². The lowest BCUT2D eigenvalue weighted by molar-refractivity contribution is 0.619. The summed E-state index contributed by atoms with van der Waals surface area (Å²) in [5, 5.41) is 6.75. The first kappa shape index (κ1) is 16.5. The van der Waals surface area contributed by atoms with Crippen molar-refractivity contribution in [3.05, 3.63) is 60.3 Å². The Balaban J connectivity index is 1.56. The molecule has 1 aliphatic heterocycles. The average Bonchev–Trinajstić information content (AvgIpc) is 3.13. The third-order valence-corrected chi connectivity index (χ3v) is 4.86. The Morgan fingerprint density at radius 1 is 1.14 bits per heavy atom. The summed E-state index contributed by atoms with van der Waals surface area (Å²) in [6.07, 6.45) is 6.60. The van der Waals surface area contributed by atoms with Gasteiger partial charge in [0.15, 0.2) is 11.6 Å². The zero-order chi connectivity index (χ0) is 19.1. The summed E-state index contributed by atoms with van der Waals surface area (Å²) in [6, 6.07) is 9.05. The predicted molar refractivity (Wildman–Crippen MR) is 107 cm³/mol. The van der Waals surface area contributed by atoms with Crippen LogP contribution in [0.3, 0.4) is 0 Å². The van der Waals surface area contributed by atoms with Gasteiger partial charge in [-0.15, -0.1) is 0 Å². The van der Waals surface area contributed by atoms with Crippen LogP contribution in [0.15, 0.2) is 48.9 Å². The fourth-order valence-electron chi connectivity index (χ4n) is 3.49. The van der Waals surface area contributed by atoms with Crippen LogP contribution in [0.1, 0.15) is 12.0 Å². The van der Waals surface area contributed by atoms with Gasteiger partial charge in [0.1, 0.15) is 17.2 Å². The third kappa shape index (κ3) is 2.79. The maximum atomic E-state index is 13.7. The number of nitrogens with zero attached hydrogens (tertiary/aromatic N) is 4. The highest BCUT2D eigenvalue weighted by Crippen LogP contribution is 2.32. The van der Waals surface area contributed by atoms with E-state index < -0.39 is 0 Å². The summed E-state index contributed by atoms with van der Waals surface area (Å²) in [6.45, 7) is 0.973. The first-order valence-electron chi connectivity index (χ1n) is 9.07. The van der Waals surface area contributed by atoms with Gasteiger partial charge < -0.3 is 16.4 Å². The normalized spacial score (nSPS) is 13.2. The summed E-state index contributed by atoms with van der Waals surface area (Å²) in [5.41, 5.74) is 11.1. The van der Waals surface area contributed by atoms with Crippen LogP contribution in [0.5, 0.6) is 0 Å². The molecule has 0 fully saturated rings. The van der Waals surface area contributed by atoms with Crippen LogP contribution in [0, 0.1) is 5.82 Å². The number of pyridine rings is 1. The molecule has 5 rings (SSSR count). The number of nitrogens with two attached hydrogens (primary N) is 1. The molecule has 1 aromatic carbocycles. The highest BCUT2D eigenvalue weighted by atomic mass is 19.1. The quantitative estimate of drug-likeness (QED) is 0.506. The lowest BCUT2D eigenvalue weighted by atomic mass is 10.0. The number of rotatable bonds is 3. The number of fused-ring (bicyclic) bond motifs is 2. The highest BCUT2D eigenvalue weighted by Gasteiger charge is 2.16. The van der Waals surface area contributed by atoms with Gasteiger partial charge >= 0.3 is 0 Å². The lowest BCUT2D eigenvalue weighted by Gasteiger charge is -2.21. The Kier molecular flexibility index (Phi) is 3.82. The summed E-state index contributed by atoms with van der Waals surface area (Å²) in [5.74, 6) is 0.567. The van der Waals surface area contributed by atoms with Crippen molar-refractivity contribution in [2.75, 3.05) is 22.9 Å². The van der Waals surface area contributed by atoms with Gasteiger partial charge in [-0.3, -0.25) is 4.40 Å². The molecule has 0 spiro atoms. The molecule has 4 aromatic rings. The van der Waals surface area contributed by atoms with E-state index in [4.69, 9.17) is 5.73 Å². The number of nitrogen functional groups attached to an aromatic ring is 1. The number of halogens is 1. The van der Waals surface area contributed by atoms with E-state index in [0.29, 0.717) is 28.7 Å². The predicted octanol–water partition coefficient (Wildman–Crippen LogP) is 3.61. The van der Waals surface area contributed by atoms with Crippen LogP contribution in [0.25, 0.3) is 17.2 Å². The number of imidazole rings is 1. The van der Waals surface area contributed by atoms with Crippen LogP contribution in [-0.2, 0) is 6.42 Å². The molecule has 0 unspecified atom stereocenters. The zero-order valence-electron chi connectivity index (χ0n) is 15.0. The summed E-state index contributed by atoms with van der Waals surface area (Å²) in [7, 11) is 0. The Bertz CT molecular complexity index is 1180. The molecule has 0 atom stereocenters. The number of hydrogen-bond acceptors (Lipinski definition) is 6. The van der Waals surface area contributed by atoms with Crippen molar-refractivity contribution in [2.24, 2.45) is 0 Å². The van der Waals surface area contributed by atoms with E-state index in [1.165, 1.54) is 17.8 Å². The number of hydrogen-bond donors (Lipinski definition) is 3. The molecule has 7 nitrogen and oxygen atoms in total. The monoisotopic (exact) mass is 375 g/mol. The number of nitrogens with one attached hydrogen (secondary N) is 2. The number of anilines is 4. The second-order valence-corrected chi connectivity index (χ2v) is 6.70. The average molecular weight is 375 g/mol. The standard InChI is InChI=1S/C20H18FN7/c21-12-6-7-18-24-10-17(28(18)11-12)20-25-9-14(22)19(27-20)26-16-5-1-4-15-13(16)3-2-8-23-15/h1,4-7,9-11,23H,2-3,8,22H2,(H,25,26,27). The van der Waals surface area contributed by atoms with Crippen molar-refractivity contribution < 1.29 is 4.39 Å². The molecule has 0 radical (unpaired) electrons. The number of aromatic nitrogens is 4. The molecule has 8 heteroatoms. The first-order valence-corrected chi connectivity index (χ1v) is 9.07. The molecular formula is C20H18FN7. The van der Waals surface area contributed by atoms with Gasteiger partial charge in [0.2, 0.25) is 0 Å². The molecule has 140 valence electrons. The summed E-state index contributed by atoms with van der Waals surface area (Å²) < 4.78 is 15.3. The van der Waals surface area contributed by atoms with Gasteiger partial charge in [0.25, 0.3) is 0 Å². The molecule has 4 N–H and O–H groups in total. The molecule has 0 saturated carbocycles. The van der Waals surface area contributed by atoms with E-state index in [-0.39, 0.29) is 5.82 Å². The van der Waals surface area contributed by atoms with Crippen molar-refractivity contribution in [1.29, 1.82) is 0 Å². The first-order chi connectivity index (χ1) is 13.7. The smallest absolute Gasteiger partial charge is 0.180 e. The van der Waals surface area contributed by atoms with Crippen LogP contribution in [0.4, 0.5) is 27.3 Å². The topological polar surface area (TPSA) is 93.2 Å². The highest BCUT2D eigenvalue weighted by molar-refractivity contribution is 5.76. The summed E-state index contributed by atoms with van der Waals surface area (Å²) >= 11 is 0. The molecular weight excluding hydrogens is 357 g/mol. The van der Waals surface area contributed by atoms with Crippen molar-refractivity contribution in [3.8, 4) is 11.5 Å². The summed E-state index contributed by atoms with van der Waals surface area (Å²) in [4.78, 5) is 13.2. The second kappa shape index (κ2) is 6.49. The minimum atomic E-state index is -0.357. The van der Waals surface area contributed by atoms with E-state index in [2.05, 4.69) is 31.7 Å². The molecule has 28 heavy (non-hydrogen) atoms. The third-order valence-electron chi connectivity index (χ3n) is 4.86. The van der Waals surface area contributed by atoms with E-state index >= 15 is 0 Å². The molecule has 0 aliphatic carbocycles. The van der Waals surface area contributed by atoms with Crippen LogP contribution in [-0.4, -0.2) is 25.9 Å². The molecule has 0 amide bonds. The minimum absolute atomic E-state index is 0.357. The van der Waals surface area contributed by atoms with Gasteiger partial charge in [-0.1, -0.05) is 6.07 Å². The van der Waals surface area contributed by atoms with Crippen LogP contribution in [0.2, 0.25) is 0 Å². The molecule has 1 aliphatic rings. The maximum absolute atomic E-state index is 13.7. The Labute approximate surface area is 160 Å². The van der Waals surface area contributed by atoms with Gasteiger partial charge in [-0.05, 0) is 42.7 Å². The van der Waals surface area contributed by atoms with E-state index in [0.717, 1.165) is 30.8 Å². The van der Waals surface area contributed by atoms with Crippen LogP contribution >= 0.6 is 0 Å². The van der Waals surface area contributed by atoms with E-state index in [1.807, 2.05) is 12.1 Å². The SMILES string of the molecule is Nc1cnc(-c2cnc3ccc(F)cn23)nc1Nc1cccc2c1CCCN2. The van der Waals surface area contributed by atoms with Crippen LogP contribution < -0.4 is 16.4 Å². The largest absolute Gasteiger partial charge is 0.394 e. The molecule has 0 bridgehead atoms. The van der Waals surface area contributed by atoms with Crippen molar-refractivity contribution >= 4 is 28.5 Å². The van der Waals surface area contributed by atoms with E-state index in [9.17, 15) is 4.39 Å². The molecule has 4 heterocycles. The van der Waals surface area contributed by atoms with Gasteiger partial charge in [0, 0.05) is 24.1 Å². The van der Waals surface area contributed by atoms with Crippen molar-refractivity contribution in [2.45, 2.75) is 12.8 Å². The Hall–Kier alpha value is -3.68. The fraction of sp³-hybridized carbons (Fsp3) is 0.150. The second-order valence-electron chi connectivity index (χ2n) is 6.70. The number of benzene rings is 1. The Morgan fingerprint density at radius 3 is 3.00 bits per heavy atom. The van der Waals surface area contributed by atoms with Crippen molar-refractivity contribution in [3.63, 3.8) is 0 Å². The minimum Gasteiger partial charge on any atom is -0.394 e. The zero-order valence-corrected chi connectivity index (χ0v) is 15.0. The van der Waals surface area contributed by atoms with Gasteiger partial charge in [0.05, 0.1) is 18.1 Å². The van der Waals surface area contributed by atoms with Gasteiger partial charge in [-0.2, -0.15) is 0 Å². The molecule has 3 aromatic heterocycles. The Morgan fingerprint density at radius 2 is 2.07 bits per heavy atom. The van der Waals surface area contributed by atoms with E-state index in [1.54, 1.807) is 22.9 Å². The van der Waals surface area contributed by atoms with Crippen molar-refractivity contribution in [1.82, 2.24) is 19.4 Å². The fourth-order valence-corrected chi connectivity index (χ4v) is 3.49.